The third kappa shape index (κ3) is 18.5. The number of aliphatic hydroxyl groups is 13. The van der Waals surface area contributed by atoms with Gasteiger partial charge in [-0.1, -0.05) is 75.1 Å². The Bertz CT molecular complexity index is 3060. The van der Waals surface area contributed by atoms with Crippen LogP contribution in [0, 0.1) is 5.92 Å². The predicted octanol–water partition coefficient (Wildman–Crippen LogP) is -12.1. The lowest BCUT2D eigenvalue weighted by molar-refractivity contribution is -0.352. The molecule has 7 aliphatic rings. The molecule has 1 saturated carbocycles. The lowest BCUT2D eigenvalue weighted by Gasteiger charge is -2.47. The zero-order valence-electron chi connectivity index (χ0n) is 54.5. The molecule has 26 N–H and O–H groups in total. The minimum atomic E-state index is -2.31. The van der Waals surface area contributed by atoms with E-state index in [0.29, 0.717) is 17.9 Å². The molecule has 0 radical (unpaired) electrons. The molecule has 38 nitrogen and oxygen atoms in total. The van der Waals surface area contributed by atoms with Crippen LogP contribution in [0.4, 0.5) is 0 Å². The number of aliphatic hydroxyl groups excluding tert-OH is 13. The predicted molar refractivity (Wildman–Crippen MR) is 337 cm³/mol. The van der Waals surface area contributed by atoms with Crippen LogP contribution in [-0.2, 0) is 63.7 Å². The highest BCUT2D eigenvalue weighted by Crippen LogP contribution is 2.34. The fraction of sp³-hybridized carbons (Fsp3) is 0.694. The lowest BCUT2D eigenvalue weighted by Crippen LogP contribution is -2.70. The van der Waals surface area contributed by atoms with Crippen LogP contribution in [0.5, 0.6) is 5.75 Å². The van der Waals surface area contributed by atoms with Gasteiger partial charge in [0.15, 0.2) is 6.29 Å². The summed E-state index contributed by atoms with van der Waals surface area (Å²) in [4.78, 5) is 102. The van der Waals surface area contributed by atoms with Gasteiger partial charge in [-0.05, 0) is 35.6 Å². The number of carbonyl (C=O) groups is 7. The molecule has 6 heterocycles. The van der Waals surface area contributed by atoms with Crippen molar-refractivity contribution < 1.29 is 128 Å². The molecule has 0 bridgehead atoms. The Morgan fingerprint density at radius 3 is 1.87 bits per heavy atom. The highest BCUT2D eigenvalue weighted by Gasteiger charge is 2.55. The summed E-state index contributed by atoms with van der Waals surface area (Å²) in [7, 11) is 0. The van der Waals surface area contributed by atoms with Crippen LogP contribution in [0.3, 0.4) is 0 Å². The van der Waals surface area contributed by atoms with Crippen LogP contribution >= 0.6 is 0 Å². The average molecular weight is 1420 g/mol. The summed E-state index contributed by atoms with van der Waals surface area (Å²) < 4.78 is 34.9. The van der Waals surface area contributed by atoms with E-state index < -0.39 is 252 Å². The van der Waals surface area contributed by atoms with Gasteiger partial charge in [0.25, 0.3) is 0 Å². The second-order valence-corrected chi connectivity index (χ2v) is 26.1. The van der Waals surface area contributed by atoms with Crippen molar-refractivity contribution in [1.82, 2.24) is 52.8 Å². The average Bonchev–Trinajstić information content (AvgIpc) is 1.46. The maximum Gasteiger partial charge on any atom is 0.305 e. The third-order valence-electron chi connectivity index (χ3n) is 19.3. The Balaban J connectivity index is 1.02. The summed E-state index contributed by atoms with van der Waals surface area (Å²) in [5, 5.41) is 166. The van der Waals surface area contributed by atoms with Crippen molar-refractivity contribution in [2.45, 2.75) is 217 Å². The van der Waals surface area contributed by atoms with Gasteiger partial charge in [-0.3, -0.25) is 49.5 Å². The standard InChI is InChI=1S/C62H94N12O26/c1-25(28-9-3-2-4-10-28)39-55(92)68-30(17-27-11-14-29(15-12-27)96-59-51(89)48(86)52(100-60-50(88)47(85)45(83)35(23-77)98-60)36(99-59)24-95-38(79)16-13-26-7-5-6-8-26)54(91)72-40(42(80)31-18-66-61(63)70-31)57(94)73-41(56(93)69-32(21-75)53(90)65-20-37(78)71-39)43(81)33-19-67-62(64)74(33)58-49(87)46(84)44(82)34(22-76)97-58/h2-4,9-12,14-15,25-26,30-36,39-52,58-62,66-67,70,75-77,80-89H,5-8,13,16-24,63-64H2,1H3,(H,65,90)(H,68,92)(H,69,93)(H,71,78)(H,72,91)(H,73,94)/t25-,30+,31-,32-,33-,34+,35+,36+,39-,40-,41+,42-,43-,44+,45+,46-,47-,48+,49-,50-,51-,52+,58-,59-,60+,61?,62?/m0/s1. The number of hydrogen-bond acceptors (Lipinski definition) is 32. The molecule has 1 aliphatic carbocycles. The minimum absolute atomic E-state index is 0.0425. The fourth-order valence-electron chi connectivity index (χ4n) is 13.4. The number of hydrogen-bond donors (Lipinski definition) is 24. The second kappa shape index (κ2) is 35.2. The minimum Gasteiger partial charge on any atom is -0.463 e. The van der Waals surface area contributed by atoms with Gasteiger partial charge in [0.05, 0.1) is 44.6 Å². The molecule has 2 aromatic rings. The molecule has 6 amide bonds. The molecule has 27 atom stereocenters. The Kier molecular flexibility index (Phi) is 27.4. The van der Waals surface area contributed by atoms with Crippen molar-refractivity contribution in [2.75, 3.05) is 46.1 Å². The first-order chi connectivity index (χ1) is 47.7. The summed E-state index contributed by atoms with van der Waals surface area (Å²) in [6.45, 7) is -3.34. The zero-order chi connectivity index (χ0) is 72.4. The van der Waals surface area contributed by atoms with Crippen molar-refractivity contribution >= 4 is 41.4 Å². The van der Waals surface area contributed by atoms with Crippen LogP contribution in [0.2, 0.25) is 0 Å². The molecule has 0 spiro atoms. The van der Waals surface area contributed by atoms with Gasteiger partial charge in [0.2, 0.25) is 41.7 Å². The van der Waals surface area contributed by atoms with Crippen molar-refractivity contribution in [3.8, 4) is 5.75 Å². The van der Waals surface area contributed by atoms with Gasteiger partial charge >= 0.3 is 5.97 Å². The van der Waals surface area contributed by atoms with Crippen LogP contribution in [0.25, 0.3) is 0 Å². The van der Waals surface area contributed by atoms with Gasteiger partial charge in [0, 0.05) is 31.8 Å². The molecule has 7 fully saturated rings. The fourth-order valence-corrected chi connectivity index (χ4v) is 13.4. The summed E-state index contributed by atoms with van der Waals surface area (Å²) in [6, 6.07) is 1.23. The smallest absolute Gasteiger partial charge is 0.305 e. The maximum absolute atomic E-state index is 15.3. The van der Waals surface area contributed by atoms with E-state index in [1.165, 1.54) is 24.3 Å². The monoisotopic (exact) mass is 1420 g/mol. The molecule has 2 aromatic carbocycles. The first kappa shape index (κ1) is 77.8. The zero-order valence-corrected chi connectivity index (χ0v) is 54.5. The highest BCUT2D eigenvalue weighted by molar-refractivity contribution is 5.98. The number of rotatable bonds is 21. The molecule has 6 aliphatic heterocycles. The van der Waals surface area contributed by atoms with E-state index in [2.05, 4.69) is 47.9 Å². The Morgan fingerprint density at radius 2 is 1.22 bits per heavy atom. The number of amides is 6. The molecule has 9 rings (SSSR count). The number of benzene rings is 2. The summed E-state index contributed by atoms with van der Waals surface area (Å²) in [5.74, 6) is -8.49. The molecule has 2 unspecified atom stereocenters. The molecular formula is C62H94N12O26. The topological polar surface area (TPSA) is 601 Å². The van der Waals surface area contributed by atoms with Crippen LogP contribution in [0.15, 0.2) is 54.6 Å². The van der Waals surface area contributed by atoms with Crippen LogP contribution in [-0.4, -0.2) is 318 Å². The van der Waals surface area contributed by atoms with Crippen molar-refractivity contribution in [2.24, 2.45) is 17.4 Å². The Hall–Kier alpha value is -6.39. The molecule has 0 aromatic heterocycles. The molecule has 558 valence electrons. The van der Waals surface area contributed by atoms with E-state index in [1.54, 1.807) is 37.3 Å². The lowest BCUT2D eigenvalue weighted by atomic mass is 9.92. The van der Waals surface area contributed by atoms with E-state index in [4.69, 9.17) is 39.9 Å². The third-order valence-corrected chi connectivity index (χ3v) is 19.3. The quantitative estimate of drug-likeness (QED) is 0.0516. The van der Waals surface area contributed by atoms with E-state index in [9.17, 15) is 90.4 Å². The summed E-state index contributed by atoms with van der Waals surface area (Å²) >= 11 is 0. The largest absolute Gasteiger partial charge is 0.463 e. The summed E-state index contributed by atoms with van der Waals surface area (Å²) in [6.07, 6.45) is -29.5. The SMILES string of the molecule is C[C@@H](c1ccccc1)[C@@H]1NC(=O)CNC(=O)[C@H](CO)NC(=O)[C@@H]([C@@H](O)[C@@H]2CNC(N)N2[C@H]2O[C@H](CO)[C@@H](O)[C@H](O)[C@@H]2O)NC(=O)[C@H]([C@@H](O)[C@@H]2CNC(N)N2)NC(=O)[C@@H](Cc2ccc(O[C@H]3O[C@H](COC(=O)CCC4CCCC4)[C@@H](O[C@H]4O[C@H](CO)[C@@H](O)[C@H](O)[C@@H]4O)[C@H](O)[C@@H]3O)cc2)NC1=O. The molecule has 38 heteroatoms. The first-order valence-electron chi connectivity index (χ1n) is 33.2. The Labute approximate surface area is 572 Å². The van der Waals surface area contributed by atoms with Crippen molar-refractivity contribution in [3.63, 3.8) is 0 Å². The van der Waals surface area contributed by atoms with E-state index >= 15 is 9.59 Å². The molecule has 100 heavy (non-hydrogen) atoms. The molecule has 6 saturated heterocycles. The highest BCUT2D eigenvalue weighted by atomic mass is 16.7. The van der Waals surface area contributed by atoms with E-state index in [-0.39, 0.29) is 24.3 Å². The second-order valence-electron chi connectivity index (χ2n) is 26.1. The Morgan fingerprint density at radius 1 is 0.620 bits per heavy atom. The van der Waals surface area contributed by atoms with Crippen molar-refractivity contribution in [1.29, 1.82) is 0 Å². The van der Waals surface area contributed by atoms with E-state index in [0.717, 1.165) is 30.6 Å². The van der Waals surface area contributed by atoms with Gasteiger partial charge in [-0.25, -0.2) is 4.90 Å². The first-order valence-corrected chi connectivity index (χ1v) is 33.2. The number of carbonyl (C=O) groups excluding carboxylic acids is 7. The number of ether oxygens (including phenoxy) is 6. The van der Waals surface area contributed by atoms with Crippen LogP contribution < -0.4 is 64.1 Å². The van der Waals surface area contributed by atoms with Gasteiger partial charge < -0.3 is 138 Å². The number of nitrogens with two attached hydrogens (primary N) is 2. The van der Waals surface area contributed by atoms with Crippen LogP contribution in [0.1, 0.15) is 62.5 Å². The maximum atomic E-state index is 15.3. The van der Waals surface area contributed by atoms with Gasteiger partial charge in [-0.15, -0.1) is 0 Å². The normalized spacial score (nSPS) is 38.0. The van der Waals surface area contributed by atoms with Crippen molar-refractivity contribution in [3.05, 3.63) is 65.7 Å². The number of nitrogens with zero attached hydrogens (tertiary/aromatic N) is 1. The van der Waals surface area contributed by atoms with E-state index in [1.807, 2.05) is 0 Å². The summed E-state index contributed by atoms with van der Waals surface area (Å²) in [5.41, 5.74) is 13.2. The van der Waals surface area contributed by atoms with Gasteiger partial charge in [0.1, 0.15) is 141 Å². The molecular weight excluding hydrogens is 1330 g/mol. The number of esters is 1. The van der Waals surface area contributed by atoms with Gasteiger partial charge in [-0.2, -0.15) is 0 Å². The number of nitrogens with one attached hydrogen (secondary N) is 9.